The Balaban J connectivity index is 1.84. The van der Waals surface area contributed by atoms with E-state index in [1.54, 1.807) is 17.9 Å². The minimum atomic E-state index is -1.15. The zero-order chi connectivity index (χ0) is 13.8. The third-order valence-corrected chi connectivity index (χ3v) is 2.26. The molecule has 2 heterocycles. The molecule has 0 unspecified atom stereocenters. The summed E-state index contributed by atoms with van der Waals surface area (Å²) in [5.41, 5.74) is 0.561. The van der Waals surface area contributed by atoms with E-state index in [0.29, 0.717) is 11.4 Å². The number of aryl methyl sites for hydroxylation is 1. The van der Waals surface area contributed by atoms with Crippen molar-refractivity contribution >= 4 is 17.7 Å². The van der Waals surface area contributed by atoms with Gasteiger partial charge in [0.2, 0.25) is 5.76 Å². The number of hydrogen-bond acceptors (Lipinski definition) is 4. The monoisotopic (exact) mass is 264 g/mol. The second kappa shape index (κ2) is 5.25. The summed E-state index contributed by atoms with van der Waals surface area (Å²) in [4.78, 5) is 22.1. The zero-order valence-electron chi connectivity index (χ0n) is 10.1. The van der Waals surface area contributed by atoms with Crippen LogP contribution in [0.25, 0.3) is 0 Å². The Morgan fingerprint density at radius 3 is 2.84 bits per heavy atom. The third-order valence-electron chi connectivity index (χ3n) is 2.26. The highest BCUT2D eigenvalue weighted by Gasteiger charge is 2.10. The number of rotatable bonds is 4. The lowest BCUT2D eigenvalue weighted by atomic mass is 10.4. The molecule has 2 aromatic rings. The van der Waals surface area contributed by atoms with E-state index in [1.165, 1.54) is 18.3 Å². The molecule has 0 spiro atoms. The predicted molar refractivity (Wildman–Crippen MR) is 64.7 cm³/mol. The van der Waals surface area contributed by atoms with Crippen molar-refractivity contribution in [3.05, 3.63) is 36.0 Å². The molecule has 0 bridgehead atoms. The van der Waals surface area contributed by atoms with Gasteiger partial charge < -0.3 is 20.2 Å². The van der Waals surface area contributed by atoms with Gasteiger partial charge in [0.05, 0.1) is 18.4 Å². The smallest absolute Gasteiger partial charge is 0.371 e. The first-order chi connectivity index (χ1) is 9.04. The highest BCUT2D eigenvalue weighted by Crippen LogP contribution is 2.08. The number of amides is 2. The molecular weight excluding hydrogens is 252 g/mol. The molecule has 0 aliphatic heterocycles. The van der Waals surface area contributed by atoms with Gasteiger partial charge in [-0.15, -0.1) is 0 Å². The Morgan fingerprint density at radius 2 is 2.26 bits per heavy atom. The molecule has 2 rings (SSSR count). The standard InChI is InChI=1S/C11H12N4O4/c1-15-6-7(4-13-15)14-11(18)12-5-8-2-3-9(19-8)10(16)17/h2-4,6H,5H2,1H3,(H,16,17)(H2,12,14,18). The molecule has 8 heteroatoms. The van der Waals surface area contributed by atoms with Crippen molar-refractivity contribution in [1.29, 1.82) is 0 Å². The number of carboxylic acid groups (broad SMARTS) is 1. The van der Waals surface area contributed by atoms with E-state index >= 15 is 0 Å². The van der Waals surface area contributed by atoms with Crippen LogP contribution in [0.4, 0.5) is 10.5 Å². The van der Waals surface area contributed by atoms with Crippen molar-refractivity contribution in [3.63, 3.8) is 0 Å². The summed E-state index contributed by atoms with van der Waals surface area (Å²) in [6.07, 6.45) is 3.16. The molecule has 100 valence electrons. The minimum absolute atomic E-state index is 0.0966. The summed E-state index contributed by atoms with van der Waals surface area (Å²) >= 11 is 0. The average Bonchev–Trinajstić information content (AvgIpc) is 2.96. The van der Waals surface area contributed by atoms with Crippen molar-refractivity contribution < 1.29 is 19.1 Å². The van der Waals surface area contributed by atoms with Crippen molar-refractivity contribution in [1.82, 2.24) is 15.1 Å². The maximum atomic E-state index is 11.5. The van der Waals surface area contributed by atoms with E-state index in [1.807, 2.05) is 0 Å². The van der Waals surface area contributed by atoms with Gasteiger partial charge in [-0.1, -0.05) is 0 Å². The zero-order valence-corrected chi connectivity index (χ0v) is 10.1. The van der Waals surface area contributed by atoms with Crippen molar-refractivity contribution in [2.24, 2.45) is 7.05 Å². The first-order valence-electron chi connectivity index (χ1n) is 5.40. The highest BCUT2D eigenvalue weighted by molar-refractivity contribution is 5.88. The Kier molecular flexibility index (Phi) is 3.51. The highest BCUT2D eigenvalue weighted by atomic mass is 16.4. The topological polar surface area (TPSA) is 109 Å². The van der Waals surface area contributed by atoms with Crippen LogP contribution in [-0.4, -0.2) is 26.9 Å². The van der Waals surface area contributed by atoms with Crippen LogP contribution in [0, 0.1) is 0 Å². The number of nitrogens with zero attached hydrogens (tertiary/aromatic N) is 2. The first kappa shape index (κ1) is 12.7. The molecule has 19 heavy (non-hydrogen) atoms. The Morgan fingerprint density at radius 1 is 1.47 bits per heavy atom. The van der Waals surface area contributed by atoms with Crippen molar-refractivity contribution in [2.75, 3.05) is 5.32 Å². The van der Waals surface area contributed by atoms with Crippen LogP contribution in [0.3, 0.4) is 0 Å². The Hall–Kier alpha value is -2.77. The first-order valence-corrected chi connectivity index (χ1v) is 5.40. The van der Waals surface area contributed by atoms with Crippen LogP contribution in [0.2, 0.25) is 0 Å². The third kappa shape index (κ3) is 3.35. The van der Waals surface area contributed by atoms with Gasteiger partial charge in [-0.3, -0.25) is 4.68 Å². The Bertz CT molecular complexity index is 601. The molecule has 0 saturated heterocycles. The van der Waals surface area contributed by atoms with Gasteiger partial charge >= 0.3 is 12.0 Å². The van der Waals surface area contributed by atoms with Crippen LogP contribution < -0.4 is 10.6 Å². The normalized spacial score (nSPS) is 10.2. The lowest BCUT2D eigenvalue weighted by Crippen LogP contribution is -2.27. The number of aromatic nitrogens is 2. The predicted octanol–water partition coefficient (Wildman–Crippen LogP) is 1.03. The van der Waals surface area contributed by atoms with E-state index < -0.39 is 12.0 Å². The van der Waals surface area contributed by atoms with Crippen LogP contribution in [0.15, 0.2) is 28.9 Å². The van der Waals surface area contributed by atoms with Crippen LogP contribution in [0.5, 0.6) is 0 Å². The van der Waals surface area contributed by atoms with Gasteiger partial charge in [-0.25, -0.2) is 9.59 Å². The van der Waals surface area contributed by atoms with Crippen LogP contribution in [0.1, 0.15) is 16.3 Å². The maximum absolute atomic E-state index is 11.5. The summed E-state index contributed by atoms with van der Waals surface area (Å²) in [6.45, 7) is 0.0966. The maximum Gasteiger partial charge on any atom is 0.371 e. The van der Waals surface area contributed by atoms with Crippen molar-refractivity contribution in [3.8, 4) is 0 Å². The molecule has 0 aromatic carbocycles. The summed E-state index contributed by atoms with van der Waals surface area (Å²) in [5.74, 6) is -0.950. The molecule has 0 saturated carbocycles. The number of anilines is 1. The molecule has 2 amide bonds. The Labute approximate surface area is 108 Å². The fourth-order valence-electron chi connectivity index (χ4n) is 1.42. The van der Waals surface area contributed by atoms with Gasteiger partial charge in [0.15, 0.2) is 0 Å². The molecule has 2 aromatic heterocycles. The number of carboxylic acids is 1. The lowest BCUT2D eigenvalue weighted by Gasteiger charge is -2.03. The second-order valence-electron chi connectivity index (χ2n) is 3.78. The van der Waals surface area contributed by atoms with Gasteiger partial charge in [-0.2, -0.15) is 5.10 Å². The molecule has 0 radical (unpaired) electrons. The van der Waals surface area contributed by atoms with Gasteiger partial charge in [0.25, 0.3) is 0 Å². The molecule has 0 aliphatic rings. The van der Waals surface area contributed by atoms with E-state index in [4.69, 9.17) is 9.52 Å². The number of carbonyl (C=O) groups is 2. The fourth-order valence-corrected chi connectivity index (χ4v) is 1.42. The number of nitrogens with one attached hydrogen (secondary N) is 2. The SMILES string of the molecule is Cn1cc(NC(=O)NCc2ccc(C(=O)O)o2)cn1. The van der Waals surface area contributed by atoms with Crippen LogP contribution in [-0.2, 0) is 13.6 Å². The number of furan rings is 1. The number of carbonyl (C=O) groups excluding carboxylic acids is 1. The van der Waals surface area contributed by atoms with E-state index in [2.05, 4.69) is 15.7 Å². The van der Waals surface area contributed by atoms with Gasteiger partial charge in [0, 0.05) is 13.2 Å². The van der Waals surface area contributed by atoms with Gasteiger partial charge in [-0.05, 0) is 12.1 Å². The molecule has 8 nitrogen and oxygen atoms in total. The number of hydrogen-bond donors (Lipinski definition) is 3. The second-order valence-corrected chi connectivity index (χ2v) is 3.78. The lowest BCUT2D eigenvalue weighted by molar-refractivity contribution is 0.0660. The number of urea groups is 1. The van der Waals surface area contributed by atoms with E-state index in [9.17, 15) is 9.59 Å². The van der Waals surface area contributed by atoms with Crippen LogP contribution >= 0.6 is 0 Å². The summed E-state index contributed by atoms with van der Waals surface area (Å²) < 4.78 is 6.55. The fraction of sp³-hybridized carbons (Fsp3) is 0.182. The summed E-state index contributed by atoms with van der Waals surface area (Å²) in [5, 5.41) is 17.7. The number of aromatic carboxylic acids is 1. The van der Waals surface area contributed by atoms with Crippen molar-refractivity contribution in [2.45, 2.75) is 6.54 Å². The average molecular weight is 264 g/mol. The molecule has 3 N–H and O–H groups in total. The van der Waals surface area contributed by atoms with E-state index in [-0.39, 0.29) is 12.3 Å². The summed E-state index contributed by atoms with van der Waals surface area (Å²) in [7, 11) is 1.74. The molecular formula is C11H12N4O4. The minimum Gasteiger partial charge on any atom is -0.475 e. The largest absolute Gasteiger partial charge is 0.475 e. The quantitative estimate of drug-likeness (QED) is 0.764. The summed E-state index contributed by atoms with van der Waals surface area (Å²) in [6, 6.07) is 2.40. The molecule has 0 fully saturated rings. The van der Waals surface area contributed by atoms with Gasteiger partial charge in [0.1, 0.15) is 5.76 Å². The van der Waals surface area contributed by atoms with E-state index in [0.717, 1.165) is 0 Å². The molecule has 0 atom stereocenters. The molecule has 0 aliphatic carbocycles.